The highest BCUT2D eigenvalue weighted by Crippen LogP contribution is 2.26. The molecule has 1 N–H and O–H groups in total. The van der Waals surface area contributed by atoms with Crippen LogP contribution in [0.25, 0.3) is 0 Å². The quantitative estimate of drug-likeness (QED) is 0.934. The first-order valence-corrected chi connectivity index (χ1v) is 8.57. The van der Waals surface area contributed by atoms with Gasteiger partial charge in [0.1, 0.15) is 0 Å². The van der Waals surface area contributed by atoms with Gasteiger partial charge in [0.2, 0.25) is 0 Å². The van der Waals surface area contributed by atoms with Crippen molar-refractivity contribution in [2.24, 2.45) is 5.92 Å². The van der Waals surface area contributed by atoms with Crippen LogP contribution in [-0.2, 0) is 13.0 Å². The smallest absolute Gasteiger partial charge is 0.0596 e. The number of benzene rings is 1. The summed E-state index contributed by atoms with van der Waals surface area (Å²) in [4.78, 5) is 3.91. The maximum Gasteiger partial charge on any atom is 0.0596 e. The van der Waals surface area contributed by atoms with Gasteiger partial charge in [-0.3, -0.25) is 4.90 Å². The van der Waals surface area contributed by atoms with Crippen molar-refractivity contribution in [2.45, 2.75) is 32.4 Å². The van der Waals surface area contributed by atoms with Crippen molar-refractivity contribution in [2.75, 3.05) is 13.1 Å². The van der Waals surface area contributed by atoms with E-state index in [1.54, 1.807) is 0 Å². The van der Waals surface area contributed by atoms with Crippen molar-refractivity contribution in [1.82, 2.24) is 4.90 Å². The van der Waals surface area contributed by atoms with Crippen LogP contribution in [0, 0.1) is 12.8 Å². The highest BCUT2D eigenvalue weighted by molar-refractivity contribution is 7.10. The van der Waals surface area contributed by atoms with E-state index in [4.69, 9.17) is 0 Å². The molecule has 2 heterocycles. The zero-order valence-corrected chi connectivity index (χ0v) is 13.4. The van der Waals surface area contributed by atoms with Crippen LogP contribution < -0.4 is 0 Å². The average molecular weight is 301 g/mol. The van der Waals surface area contributed by atoms with E-state index in [9.17, 15) is 5.11 Å². The molecule has 2 nitrogen and oxygen atoms in total. The molecular weight excluding hydrogens is 278 g/mol. The predicted molar refractivity (Wildman–Crippen MR) is 88.6 cm³/mol. The minimum Gasteiger partial charge on any atom is -0.393 e. The highest BCUT2D eigenvalue weighted by atomic mass is 32.1. The van der Waals surface area contributed by atoms with Crippen molar-refractivity contribution in [3.05, 3.63) is 57.8 Å². The van der Waals surface area contributed by atoms with Crippen LogP contribution in [0.15, 0.2) is 41.8 Å². The first kappa shape index (κ1) is 14.8. The molecule has 0 amide bonds. The molecule has 0 saturated carbocycles. The Morgan fingerprint density at radius 2 is 2.05 bits per heavy atom. The summed E-state index contributed by atoms with van der Waals surface area (Å²) in [5, 5.41) is 12.5. The zero-order valence-electron chi connectivity index (χ0n) is 12.5. The van der Waals surface area contributed by atoms with E-state index in [-0.39, 0.29) is 6.10 Å². The van der Waals surface area contributed by atoms with Gasteiger partial charge in [-0.25, -0.2) is 0 Å². The summed E-state index contributed by atoms with van der Waals surface area (Å²) < 4.78 is 0. The summed E-state index contributed by atoms with van der Waals surface area (Å²) in [6, 6.07) is 12.8. The molecule has 3 heteroatoms. The molecule has 1 aliphatic heterocycles. The van der Waals surface area contributed by atoms with Gasteiger partial charge in [0.05, 0.1) is 6.10 Å². The Hall–Kier alpha value is -1.16. The number of rotatable bonds is 4. The standard InChI is InChI=1S/C18H23NOS/c1-14-8-10-21-18(14)11-16-13-19(9-7-17(16)20)12-15-5-3-2-4-6-15/h2-6,8,10,16-17,20H,7,9,11-13H2,1H3. The summed E-state index contributed by atoms with van der Waals surface area (Å²) in [6.07, 6.45) is 1.75. The second kappa shape index (κ2) is 6.73. The number of aliphatic hydroxyl groups is 1. The molecule has 2 atom stereocenters. The molecule has 1 aliphatic rings. The minimum absolute atomic E-state index is 0.154. The van der Waals surface area contributed by atoms with Gasteiger partial charge in [-0.1, -0.05) is 30.3 Å². The molecule has 1 aromatic heterocycles. The molecule has 21 heavy (non-hydrogen) atoms. The van der Waals surface area contributed by atoms with Crippen molar-refractivity contribution in [3.63, 3.8) is 0 Å². The van der Waals surface area contributed by atoms with Gasteiger partial charge in [0.15, 0.2) is 0 Å². The van der Waals surface area contributed by atoms with E-state index < -0.39 is 0 Å². The zero-order chi connectivity index (χ0) is 14.7. The van der Waals surface area contributed by atoms with Gasteiger partial charge >= 0.3 is 0 Å². The number of hydrogen-bond acceptors (Lipinski definition) is 3. The van der Waals surface area contributed by atoms with Crippen molar-refractivity contribution < 1.29 is 5.11 Å². The van der Waals surface area contributed by atoms with E-state index >= 15 is 0 Å². The molecule has 0 bridgehead atoms. The molecule has 3 rings (SSSR count). The van der Waals surface area contributed by atoms with Crippen LogP contribution >= 0.6 is 11.3 Å². The minimum atomic E-state index is -0.154. The van der Waals surface area contributed by atoms with Gasteiger partial charge in [0.25, 0.3) is 0 Å². The summed E-state index contributed by atoms with van der Waals surface area (Å²) in [6.45, 7) is 5.15. The normalized spacial score (nSPS) is 23.3. The first-order chi connectivity index (χ1) is 10.2. The third kappa shape index (κ3) is 3.73. The van der Waals surface area contributed by atoms with E-state index in [2.05, 4.69) is 53.6 Å². The van der Waals surface area contributed by atoms with Crippen LogP contribution in [0.4, 0.5) is 0 Å². The SMILES string of the molecule is Cc1ccsc1CC1CN(Cc2ccccc2)CCC1O. The van der Waals surface area contributed by atoms with Gasteiger partial charge in [-0.2, -0.15) is 0 Å². The molecule has 0 aliphatic carbocycles. The fourth-order valence-electron chi connectivity index (χ4n) is 3.13. The lowest BCUT2D eigenvalue weighted by atomic mass is 9.90. The van der Waals surface area contributed by atoms with E-state index in [0.29, 0.717) is 5.92 Å². The molecule has 112 valence electrons. The third-order valence-corrected chi connectivity index (χ3v) is 5.49. The van der Waals surface area contributed by atoms with Crippen LogP contribution in [0.2, 0.25) is 0 Å². The number of hydrogen-bond donors (Lipinski definition) is 1. The molecular formula is C18H23NOS. The van der Waals surface area contributed by atoms with Gasteiger partial charge in [-0.05, 0) is 42.3 Å². The fraction of sp³-hybridized carbons (Fsp3) is 0.444. The first-order valence-electron chi connectivity index (χ1n) is 7.69. The molecule has 1 aromatic carbocycles. The van der Waals surface area contributed by atoms with E-state index in [1.807, 2.05) is 11.3 Å². The second-order valence-electron chi connectivity index (χ2n) is 6.07. The molecule has 1 fully saturated rings. The van der Waals surface area contributed by atoms with E-state index in [0.717, 1.165) is 32.5 Å². The lowest BCUT2D eigenvalue weighted by Crippen LogP contribution is -2.43. The van der Waals surface area contributed by atoms with Crippen LogP contribution in [0.5, 0.6) is 0 Å². The predicted octanol–water partition coefficient (Wildman–Crippen LogP) is 3.48. The number of thiophene rings is 1. The Labute approximate surface area is 131 Å². The number of nitrogens with zero attached hydrogens (tertiary/aromatic N) is 1. The highest BCUT2D eigenvalue weighted by Gasteiger charge is 2.28. The molecule has 2 aromatic rings. The molecule has 0 spiro atoms. The van der Waals surface area contributed by atoms with Crippen LogP contribution in [0.3, 0.4) is 0 Å². The Morgan fingerprint density at radius 3 is 2.76 bits per heavy atom. The van der Waals surface area contributed by atoms with Gasteiger partial charge in [0, 0.05) is 30.4 Å². The lowest BCUT2D eigenvalue weighted by molar-refractivity contribution is 0.0242. The summed E-state index contributed by atoms with van der Waals surface area (Å²) >= 11 is 1.82. The van der Waals surface area contributed by atoms with Crippen LogP contribution in [0.1, 0.15) is 22.4 Å². The molecule has 2 unspecified atom stereocenters. The van der Waals surface area contributed by atoms with Crippen molar-refractivity contribution in [3.8, 4) is 0 Å². The largest absolute Gasteiger partial charge is 0.393 e. The van der Waals surface area contributed by atoms with E-state index in [1.165, 1.54) is 16.0 Å². The molecule has 0 radical (unpaired) electrons. The second-order valence-corrected chi connectivity index (χ2v) is 7.07. The third-order valence-electron chi connectivity index (χ3n) is 4.44. The number of likely N-dealkylation sites (tertiary alicyclic amines) is 1. The Morgan fingerprint density at radius 1 is 1.24 bits per heavy atom. The Bertz CT molecular complexity index is 566. The fourth-order valence-corrected chi connectivity index (χ4v) is 4.13. The Balaban J connectivity index is 1.63. The Kier molecular flexibility index (Phi) is 4.73. The lowest BCUT2D eigenvalue weighted by Gasteiger charge is -2.36. The summed E-state index contributed by atoms with van der Waals surface area (Å²) in [5.41, 5.74) is 2.73. The summed E-state index contributed by atoms with van der Waals surface area (Å²) in [7, 11) is 0. The topological polar surface area (TPSA) is 23.5 Å². The maximum absolute atomic E-state index is 10.3. The number of aliphatic hydroxyl groups excluding tert-OH is 1. The maximum atomic E-state index is 10.3. The van der Waals surface area contributed by atoms with Crippen LogP contribution in [-0.4, -0.2) is 29.2 Å². The number of aryl methyl sites for hydroxylation is 1. The molecule has 1 saturated heterocycles. The van der Waals surface area contributed by atoms with Crippen molar-refractivity contribution >= 4 is 11.3 Å². The van der Waals surface area contributed by atoms with Crippen molar-refractivity contribution in [1.29, 1.82) is 0 Å². The summed E-state index contributed by atoms with van der Waals surface area (Å²) in [5.74, 6) is 0.361. The monoisotopic (exact) mass is 301 g/mol. The number of piperidine rings is 1. The van der Waals surface area contributed by atoms with Gasteiger partial charge in [-0.15, -0.1) is 11.3 Å². The van der Waals surface area contributed by atoms with Gasteiger partial charge < -0.3 is 5.11 Å². The average Bonchev–Trinajstić information content (AvgIpc) is 2.89.